The Hall–Kier alpha value is -1.14. The lowest BCUT2D eigenvalue weighted by molar-refractivity contribution is -0.130. The van der Waals surface area contributed by atoms with Crippen LogP contribution >= 0.6 is 0 Å². The smallest absolute Gasteiger partial charge is 0.178 e. The maximum absolute atomic E-state index is 12.2. The van der Waals surface area contributed by atoms with Crippen LogP contribution in [-0.2, 0) is 4.79 Å². The first kappa shape index (κ1) is 14.9. The average Bonchev–Trinajstić information content (AvgIpc) is 2.36. The van der Waals surface area contributed by atoms with Gasteiger partial charge in [-0.05, 0) is 18.9 Å². The van der Waals surface area contributed by atoms with Crippen molar-refractivity contribution in [1.82, 2.24) is 5.32 Å². The number of rotatable bonds is 0. The van der Waals surface area contributed by atoms with Crippen LogP contribution in [0.5, 0.6) is 0 Å². The second-order valence-corrected chi connectivity index (χ2v) is 5.74. The van der Waals surface area contributed by atoms with Gasteiger partial charge in [0.2, 0.25) is 0 Å². The Morgan fingerprint density at radius 1 is 1.39 bits per heavy atom. The van der Waals surface area contributed by atoms with Crippen molar-refractivity contribution in [2.75, 3.05) is 13.1 Å². The zero-order chi connectivity index (χ0) is 14.0. The van der Waals surface area contributed by atoms with E-state index in [4.69, 9.17) is 5.26 Å². The summed E-state index contributed by atoms with van der Waals surface area (Å²) in [5.41, 5.74) is -0.121. The number of Topliss-reactive ketones (excluding diaryl/α,β-unsaturated/α-hetero) is 1. The molecule has 18 heavy (non-hydrogen) atoms. The van der Waals surface area contributed by atoms with Gasteiger partial charge in [-0.1, -0.05) is 40.7 Å². The number of hydrogen-bond acceptors (Lipinski definition) is 3. The molecule has 1 fully saturated rings. The van der Waals surface area contributed by atoms with Crippen LogP contribution in [0.1, 0.15) is 41.0 Å². The third-order valence-electron chi connectivity index (χ3n) is 4.21. The fourth-order valence-corrected chi connectivity index (χ4v) is 3.38. The maximum Gasteiger partial charge on any atom is 0.178 e. The molecule has 1 heterocycles. The maximum atomic E-state index is 12.2. The van der Waals surface area contributed by atoms with E-state index in [9.17, 15) is 4.79 Å². The summed E-state index contributed by atoms with van der Waals surface area (Å²) >= 11 is 0. The highest BCUT2D eigenvalue weighted by Gasteiger charge is 2.51. The third kappa shape index (κ3) is 2.22. The van der Waals surface area contributed by atoms with Crippen molar-refractivity contribution in [3.05, 3.63) is 11.6 Å². The quantitative estimate of drug-likeness (QED) is 0.717. The number of carbonyl (C=O) groups is 1. The van der Waals surface area contributed by atoms with Crippen molar-refractivity contribution in [3.63, 3.8) is 0 Å². The van der Waals surface area contributed by atoms with Crippen LogP contribution in [0.15, 0.2) is 11.6 Å². The summed E-state index contributed by atoms with van der Waals surface area (Å²) < 4.78 is 0. The Balaban J connectivity index is 0.000000771. The first-order chi connectivity index (χ1) is 8.42. The SMILES string of the molecule is CC.CC12C=C(C#N)C(=O)C(C)(C)C1CCNC2. The molecule has 0 bridgehead atoms. The van der Waals surface area contributed by atoms with Crippen LogP contribution in [-0.4, -0.2) is 18.9 Å². The van der Waals surface area contributed by atoms with Gasteiger partial charge >= 0.3 is 0 Å². The minimum Gasteiger partial charge on any atom is -0.316 e. The Morgan fingerprint density at radius 3 is 2.56 bits per heavy atom. The highest BCUT2D eigenvalue weighted by molar-refractivity contribution is 6.04. The molecular formula is C15H24N2O. The number of ketones is 1. The topological polar surface area (TPSA) is 52.9 Å². The molecule has 1 N–H and O–H groups in total. The van der Waals surface area contributed by atoms with Crippen molar-refractivity contribution in [1.29, 1.82) is 5.26 Å². The lowest BCUT2D eigenvalue weighted by Gasteiger charge is -2.50. The first-order valence-electron chi connectivity index (χ1n) is 6.80. The number of nitriles is 1. The van der Waals surface area contributed by atoms with Crippen LogP contribution in [0, 0.1) is 28.1 Å². The predicted octanol–water partition coefficient (Wildman–Crippen LogP) is 2.69. The number of nitrogens with zero attached hydrogens (tertiary/aromatic N) is 1. The molecule has 0 aromatic rings. The van der Waals surface area contributed by atoms with Gasteiger partial charge in [-0.25, -0.2) is 0 Å². The van der Waals surface area contributed by atoms with Crippen molar-refractivity contribution < 1.29 is 4.79 Å². The Kier molecular flexibility index (Phi) is 4.34. The molecule has 2 aliphatic rings. The van der Waals surface area contributed by atoms with E-state index in [1.54, 1.807) is 0 Å². The molecular weight excluding hydrogens is 224 g/mol. The highest BCUT2D eigenvalue weighted by Crippen LogP contribution is 2.50. The molecule has 0 spiro atoms. The number of hydrogen-bond donors (Lipinski definition) is 1. The summed E-state index contributed by atoms with van der Waals surface area (Å²) in [5.74, 6) is 0.352. The Morgan fingerprint density at radius 2 is 2.00 bits per heavy atom. The van der Waals surface area contributed by atoms with E-state index >= 15 is 0 Å². The Bertz CT molecular complexity index is 403. The van der Waals surface area contributed by atoms with Crippen LogP contribution < -0.4 is 5.32 Å². The number of fused-ring (bicyclic) bond motifs is 1. The summed E-state index contributed by atoms with van der Waals surface area (Å²) in [5, 5.41) is 12.4. The van der Waals surface area contributed by atoms with Gasteiger partial charge < -0.3 is 5.32 Å². The standard InChI is InChI=1S/C13H18N2O.C2H6/c1-12(2)10-4-5-15-8-13(10,3)6-9(7-14)11(12)16;1-2/h6,10,15H,4-5,8H2,1-3H3;1-2H3. The van der Waals surface area contributed by atoms with Crippen molar-refractivity contribution in [2.45, 2.75) is 41.0 Å². The minimum atomic E-state index is -0.406. The van der Waals surface area contributed by atoms with Crippen LogP contribution in [0.3, 0.4) is 0 Å². The highest BCUT2D eigenvalue weighted by atomic mass is 16.1. The van der Waals surface area contributed by atoms with Gasteiger partial charge in [0, 0.05) is 17.4 Å². The molecule has 0 aromatic carbocycles. The van der Waals surface area contributed by atoms with Crippen molar-refractivity contribution in [2.24, 2.45) is 16.7 Å². The zero-order valence-corrected chi connectivity index (χ0v) is 12.1. The molecule has 3 heteroatoms. The number of allylic oxidation sites excluding steroid dienone is 1. The summed E-state index contributed by atoms with van der Waals surface area (Å²) in [7, 11) is 0. The molecule has 100 valence electrons. The van der Waals surface area contributed by atoms with E-state index in [0.29, 0.717) is 11.5 Å². The van der Waals surface area contributed by atoms with Gasteiger partial charge in [-0.2, -0.15) is 5.26 Å². The van der Waals surface area contributed by atoms with Gasteiger partial charge in [0.05, 0.1) is 5.57 Å². The molecule has 0 aromatic heterocycles. The Labute approximate surface area is 110 Å². The fourth-order valence-electron chi connectivity index (χ4n) is 3.38. The molecule has 0 saturated carbocycles. The summed E-state index contributed by atoms with van der Waals surface area (Å²) in [4.78, 5) is 12.2. The van der Waals surface area contributed by atoms with Crippen molar-refractivity contribution in [3.8, 4) is 6.07 Å². The zero-order valence-electron chi connectivity index (χ0n) is 12.1. The number of nitrogens with one attached hydrogen (secondary N) is 1. The third-order valence-corrected chi connectivity index (χ3v) is 4.21. The molecule has 1 saturated heterocycles. The van der Waals surface area contributed by atoms with Gasteiger partial charge in [0.1, 0.15) is 6.07 Å². The largest absolute Gasteiger partial charge is 0.316 e. The second-order valence-electron chi connectivity index (χ2n) is 5.74. The molecule has 0 radical (unpaired) electrons. The van der Waals surface area contributed by atoms with E-state index in [0.717, 1.165) is 19.5 Å². The van der Waals surface area contributed by atoms with Crippen molar-refractivity contribution >= 4 is 5.78 Å². The average molecular weight is 248 g/mol. The molecule has 2 atom stereocenters. The minimum absolute atomic E-state index is 0.0133. The summed E-state index contributed by atoms with van der Waals surface area (Å²) in [6.45, 7) is 11.9. The molecule has 2 unspecified atom stereocenters. The van der Waals surface area contributed by atoms with Gasteiger partial charge in [0.25, 0.3) is 0 Å². The van der Waals surface area contributed by atoms with Crippen LogP contribution in [0.2, 0.25) is 0 Å². The molecule has 3 nitrogen and oxygen atoms in total. The molecule has 1 aliphatic heterocycles. The predicted molar refractivity (Wildman–Crippen MR) is 72.9 cm³/mol. The molecule has 0 amide bonds. The van der Waals surface area contributed by atoms with E-state index in [-0.39, 0.29) is 11.2 Å². The van der Waals surface area contributed by atoms with Gasteiger partial charge in [-0.3, -0.25) is 4.79 Å². The summed E-state index contributed by atoms with van der Waals surface area (Å²) in [6, 6.07) is 2.05. The lowest BCUT2D eigenvalue weighted by Crippen LogP contribution is -2.54. The van der Waals surface area contributed by atoms with E-state index in [1.165, 1.54) is 0 Å². The van der Waals surface area contributed by atoms with E-state index in [2.05, 4.69) is 18.3 Å². The van der Waals surface area contributed by atoms with Crippen LogP contribution in [0.4, 0.5) is 0 Å². The normalized spacial score (nSPS) is 33.4. The van der Waals surface area contributed by atoms with E-state index in [1.807, 2.05) is 33.8 Å². The van der Waals surface area contributed by atoms with Gasteiger partial charge in [0.15, 0.2) is 5.78 Å². The second kappa shape index (κ2) is 5.24. The van der Waals surface area contributed by atoms with Crippen LogP contribution in [0.25, 0.3) is 0 Å². The lowest BCUT2D eigenvalue weighted by atomic mass is 9.55. The monoisotopic (exact) mass is 248 g/mol. The summed E-state index contributed by atoms with van der Waals surface area (Å²) in [6.07, 6.45) is 2.89. The molecule has 2 rings (SSSR count). The first-order valence-corrected chi connectivity index (χ1v) is 6.80. The van der Waals surface area contributed by atoms with E-state index < -0.39 is 5.41 Å². The fraction of sp³-hybridized carbons (Fsp3) is 0.733. The van der Waals surface area contributed by atoms with Gasteiger partial charge in [-0.15, -0.1) is 0 Å². The number of carbonyl (C=O) groups excluding carboxylic acids is 1. The number of piperidine rings is 1. The molecule has 1 aliphatic carbocycles.